The third kappa shape index (κ3) is 3.32. The molecule has 0 amide bonds. The van der Waals surface area contributed by atoms with E-state index in [1.54, 1.807) is 0 Å². The summed E-state index contributed by atoms with van der Waals surface area (Å²) in [5, 5.41) is 6.10. The molecule has 2 unspecified atom stereocenters. The van der Waals surface area contributed by atoms with Crippen molar-refractivity contribution >= 4 is 0 Å². The molecule has 2 aliphatic carbocycles. The predicted octanol–water partition coefficient (Wildman–Crippen LogP) is 4.07. The molecule has 4 heteroatoms. The lowest BCUT2D eigenvalue weighted by atomic mass is 9.83. The molecule has 92 valence electrons. The average Bonchev–Trinajstić information content (AvgIpc) is 2.40. The summed E-state index contributed by atoms with van der Waals surface area (Å²) in [6.07, 6.45) is 10.8. The smallest absolute Gasteiger partial charge is 0.0957 e. The Kier molecular flexibility index (Phi) is 4.18. The van der Waals surface area contributed by atoms with Crippen molar-refractivity contribution in [3.63, 3.8) is 0 Å². The van der Waals surface area contributed by atoms with Crippen molar-refractivity contribution in [3.8, 4) is 0 Å². The zero-order chi connectivity index (χ0) is 12.1. The Morgan fingerprint density at radius 1 is 1.12 bits per heavy atom. The van der Waals surface area contributed by atoms with Gasteiger partial charge in [0, 0.05) is 0 Å². The second kappa shape index (κ2) is 5.84. The van der Waals surface area contributed by atoms with E-state index in [0.29, 0.717) is 11.6 Å². The maximum atomic E-state index is 10.4. The van der Waals surface area contributed by atoms with Crippen LogP contribution in [0, 0.1) is 15.7 Å². The van der Waals surface area contributed by atoms with Crippen molar-refractivity contribution in [1.29, 1.82) is 0 Å². The fourth-order valence-electron chi connectivity index (χ4n) is 2.67. The molecular weight excluding hydrogens is 216 g/mol. The molecule has 0 aliphatic heterocycles. The highest BCUT2D eigenvalue weighted by molar-refractivity contribution is 5.11. The van der Waals surface area contributed by atoms with Crippen molar-refractivity contribution in [3.05, 3.63) is 33.2 Å². The monoisotopic (exact) mass is 234 g/mol. The van der Waals surface area contributed by atoms with Crippen molar-refractivity contribution in [1.82, 2.24) is 0 Å². The van der Waals surface area contributed by atoms with E-state index in [-0.39, 0.29) is 6.04 Å². The Labute approximate surface area is 101 Å². The van der Waals surface area contributed by atoms with Gasteiger partial charge < -0.3 is 0 Å². The first-order valence-corrected chi connectivity index (χ1v) is 6.34. The Balaban J connectivity index is 1.83. The first-order valence-electron chi connectivity index (χ1n) is 6.34. The van der Waals surface area contributed by atoms with E-state index in [9.17, 15) is 9.81 Å². The first kappa shape index (κ1) is 12.1. The highest BCUT2D eigenvalue weighted by atomic mass is 16.3. The number of allylic oxidation sites excluding steroid dienone is 3. The zero-order valence-electron chi connectivity index (χ0n) is 9.97. The van der Waals surface area contributed by atoms with E-state index in [4.69, 9.17) is 0 Å². The molecule has 0 aromatic heterocycles. The summed E-state index contributed by atoms with van der Waals surface area (Å²) >= 11 is 0. The van der Waals surface area contributed by atoms with E-state index >= 15 is 0 Å². The Morgan fingerprint density at radius 3 is 2.53 bits per heavy atom. The molecule has 0 saturated carbocycles. The van der Waals surface area contributed by atoms with Crippen molar-refractivity contribution in [2.24, 2.45) is 16.3 Å². The van der Waals surface area contributed by atoms with Crippen LogP contribution in [0.15, 0.2) is 33.8 Å². The standard InChI is InChI=1S/C13H18N2O2/c16-14-12-5-1-10(2-6-12)9-11-3-7-13(15-17)8-4-11/h1,7,11-12H,2-6,8-9H2. The summed E-state index contributed by atoms with van der Waals surface area (Å²) in [5.74, 6) is 0.646. The minimum atomic E-state index is -0.00383. The third-order valence-corrected chi connectivity index (χ3v) is 3.79. The summed E-state index contributed by atoms with van der Waals surface area (Å²) in [4.78, 5) is 20.8. The van der Waals surface area contributed by atoms with Crippen LogP contribution in [0.1, 0.15) is 44.9 Å². The maximum Gasteiger partial charge on any atom is 0.0957 e. The maximum absolute atomic E-state index is 10.4. The molecule has 0 aromatic rings. The molecule has 0 aromatic carbocycles. The lowest BCUT2D eigenvalue weighted by Gasteiger charge is -2.23. The van der Waals surface area contributed by atoms with E-state index in [1.807, 2.05) is 6.08 Å². The normalized spacial score (nSPS) is 29.2. The summed E-state index contributed by atoms with van der Waals surface area (Å²) in [7, 11) is 0. The summed E-state index contributed by atoms with van der Waals surface area (Å²) in [6.45, 7) is 0. The molecule has 4 nitrogen and oxygen atoms in total. The molecular formula is C13H18N2O2. The van der Waals surface area contributed by atoms with Crippen LogP contribution in [0.4, 0.5) is 0 Å². The number of hydrogen-bond acceptors (Lipinski definition) is 4. The highest BCUT2D eigenvalue weighted by Gasteiger charge is 2.19. The molecule has 2 atom stereocenters. The lowest BCUT2D eigenvalue weighted by molar-refractivity contribution is 0.447. The van der Waals surface area contributed by atoms with Gasteiger partial charge in [-0.15, -0.1) is 4.91 Å². The van der Waals surface area contributed by atoms with E-state index in [0.717, 1.165) is 44.9 Å². The second-order valence-electron chi connectivity index (χ2n) is 5.03. The predicted molar refractivity (Wildman–Crippen MR) is 67.4 cm³/mol. The molecule has 2 aliphatic rings. The quantitative estimate of drug-likeness (QED) is 0.543. The van der Waals surface area contributed by atoms with Gasteiger partial charge in [0.1, 0.15) is 0 Å². The average molecular weight is 234 g/mol. The summed E-state index contributed by atoms with van der Waals surface area (Å²) in [5.41, 5.74) is 2.18. The SMILES string of the molecule is O=NC1=CCC(CC2=CCC(N=O)CC2)CC1. The van der Waals surface area contributed by atoms with E-state index < -0.39 is 0 Å². The minimum Gasteiger partial charge on any atom is -0.151 e. The van der Waals surface area contributed by atoms with Gasteiger partial charge in [-0.2, -0.15) is 4.91 Å². The Bertz CT molecular complexity index is 360. The highest BCUT2D eigenvalue weighted by Crippen LogP contribution is 2.32. The molecule has 2 rings (SSSR count). The van der Waals surface area contributed by atoms with Crippen LogP contribution >= 0.6 is 0 Å². The van der Waals surface area contributed by atoms with Gasteiger partial charge in [0.2, 0.25) is 0 Å². The van der Waals surface area contributed by atoms with Crippen LogP contribution in [0.5, 0.6) is 0 Å². The molecule has 0 bridgehead atoms. The molecule has 0 spiro atoms. The number of nitrogens with zero attached hydrogens (tertiary/aromatic N) is 2. The first-order chi connectivity index (χ1) is 8.31. The van der Waals surface area contributed by atoms with Gasteiger partial charge in [0.15, 0.2) is 0 Å². The largest absolute Gasteiger partial charge is 0.151 e. The van der Waals surface area contributed by atoms with Gasteiger partial charge in [0.25, 0.3) is 0 Å². The van der Waals surface area contributed by atoms with Crippen LogP contribution < -0.4 is 0 Å². The van der Waals surface area contributed by atoms with Gasteiger partial charge in [-0.1, -0.05) is 22.9 Å². The van der Waals surface area contributed by atoms with Gasteiger partial charge >= 0.3 is 0 Å². The summed E-state index contributed by atoms with van der Waals surface area (Å²) < 4.78 is 0. The topological polar surface area (TPSA) is 58.9 Å². The number of rotatable bonds is 4. The lowest BCUT2D eigenvalue weighted by Crippen LogP contribution is -2.12. The summed E-state index contributed by atoms with van der Waals surface area (Å²) in [6, 6.07) is -0.00383. The third-order valence-electron chi connectivity index (χ3n) is 3.79. The van der Waals surface area contributed by atoms with Crippen LogP contribution in [0.2, 0.25) is 0 Å². The van der Waals surface area contributed by atoms with Crippen LogP contribution in [-0.4, -0.2) is 6.04 Å². The fraction of sp³-hybridized carbons (Fsp3) is 0.692. The molecule has 17 heavy (non-hydrogen) atoms. The Hall–Kier alpha value is -1.32. The van der Waals surface area contributed by atoms with Crippen LogP contribution in [-0.2, 0) is 0 Å². The van der Waals surface area contributed by atoms with Crippen molar-refractivity contribution < 1.29 is 0 Å². The fourth-order valence-corrected chi connectivity index (χ4v) is 2.67. The number of hydrogen-bond donors (Lipinski definition) is 0. The van der Waals surface area contributed by atoms with Gasteiger partial charge in [-0.3, -0.25) is 0 Å². The molecule has 0 saturated heterocycles. The van der Waals surface area contributed by atoms with Crippen LogP contribution in [0.3, 0.4) is 0 Å². The zero-order valence-corrected chi connectivity index (χ0v) is 9.97. The van der Waals surface area contributed by atoms with Crippen LogP contribution in [0.25, 0.3) is 0 Å². The van der Waals surface area contributed by atoms with Gasteiger partial charge in [0.05, 0.1) is 11.7 Å². The molecule has 0 heterocycles. The van der Waals surface area contributed by atoms with Crippen molar-refractivity contribution in [2.75, 3.05) is 0 Å². The van der Waals surface area contributed by atoms with Gasteiger partial charge in [-0.25, -0.2) is 0 Å². The van der Waals surface area contributed by atoms with Crippen molar-refractivity contribution in [2.45, 2.75) is 51.0 Å². The molecule has 0 N–H and O–H groups in total. The minimum absolute atomic E-state index is 0.00383. The molecule has 0 fully saturated rings. The Morgan fingerprint density at radius 2 is 2.00 bits per heavy atom. The molecule has 0 radical (unpaired) electrons. The van der Waals surface area contributed by atoms with E-state index in [1.165, 1.54) is 5.57 Å². The second-order valence-corrected chi connectivity index (χ2v) is 5.03. The number of nitroso groups, excluding NO2 is 2. The van der Waals surface area contributed by atoms with Gasteiger partial charge in [-0.05, 0) is 56.0 Å². The van der Waals surface area contributed by atoms with E-state index in [2.05, 4.69) is 16.4 Å².